The SMILES string of the molecule is CNC(=O)NC(=O)CCN(C)C(C)c1ccc(S(N)(=O)=O)cc1. The van der Waals surface area contributed by atoms with Crippen LogP contribution in [-0.2, 0) is 14.8 Å². The number of urea groups is 1. The first-order chi connectivity index (χ1) is 10.6. The molecule has 0 radical (unpaired) electrons. The zero-order valence-corrected chi connectivity index (χ0v) is 14.2. The van der Waals surface area contributed by atoms with Gasteiger partial charge in [-0.2, -0.15) is 0 Å². The second-order valence-electron chi connectivity index (χ2n) is 5.15. The molecule has 1 aromatic carbocycles. The Balaban J connectivity index is 2.61. The van der Waals surface area contributed by atoms with Crippen LogP contribution < -0.4 is 15.8 Å². The topological polar surface area (TPSA) is 122 Å². The summed E-state index contributed by atoms with van der Waals surface area (Å²) >= 11 is 0. The van der Waals surface area contributed by atoms with Crippen molar-refractivity contribution in [3.63, 3.8) is 0 Å². The third kappa shape index (κ3) is 5.97. The van der Waals surface area contributed by atoms with Gasteiger partial charge in [-0.1, -0.05) is 12.1 Å². The maximum absolute atomic E-state index is 11.6. The molecule has 0 aliphatic rings. The standard InChI is InChI=1S/C14H22N4O4S/c1-10(11-4-6-12(7-5-11)23(15,21)22)18(3)9-8-13(19)17-14(20)16-2/h4-7,10H,8-9H2,1-3H3,(H2,15,21,22)(H2,16,17,19,20). The number of nitrogens with one attached hydrogen (secondary N) is 2. The fraction of sp³-hybridized carbons (Fsp3) is 0.429. The highest BCUT2D eigenvalue weighted by Gasteiger charge is 2.15. The molecule has 0 aliphatic heterocycles. The van der Waals surface area contributed by atoms with Gasteiger partial charge in [0.2, 0.25) is 15.9 Å². The Hall–Kier alpha value is -1.97. The summed E-state index contributed by atoms with van der Waals surface area (Å²) in [6, 6.07) is 5.71. The summed E-state index contributed by atoms with van der Waals surface area (Å²) in [4.78, 5) is 24.6. The molecule has 1 rings (SSSR count). The highest BCUT2D eigenvalue weighted by Crippen LogP contribution is 2.20. The third-order valence-electron chi connectivity index (χ3n) is 3.52. The molecule has 0 aromatic heterocycles. The molecular weight excluding hydrogens is 320 g/mol. The van der Waals surface area contributed by atoms with Gasteiger partial charge in [0.25, 0.3) is 0 Å². The van der Waals surface area contributed by atoms with Crippen LogP contribution in [-0.4, -0.2) is 45.9 Å². The smallest absolute Gasteiger partial charge is 0.321 e. The largest absolute Gasteiger partial charge is 0.341 e. The Kier molecular flexibility index (Phi) is 6.67. The van der Waals surface area contributed by atoms with Crippen molar-refractivity contribution in [1.29, 1.82) is 0 Å². The van der Waals surface area contributed by atoms with Gasteiger partial charge in [0.15, 0.2) is 0 Å². The number of hydrogen-bond acceptors (Lipinski definition) is 5. The van der Waals surface area contributed by atoms with E-state index in [1.807, 2.05) is 18.9 Å². The van der Waals surface area contributed by atoms with Crippen LogP contribution in [0.1, 0.15) is 24.9 Å². The summed E-state index contributed by atoms with van der Waals surface area (Å²) in [6.45, 7) is 2.38. The van der Waals surface area contributed by atoms with E-state index in [9.17, 15) is 18.0 Å². The summed E-state index contributed by atoms with van der Waals surface area (Å²) in [5.41, 5.74) is 0.895. The van der Waals surface area contributed by atoms with E-state index in [1.54, 1.807) is 12.1 Å². The number of benzene rings is 1. The van der Waals surface area contributed by atoms with E-state index >= 15 is 0 Å². The quantitative estimate of drug-likeness (QED) is 0.680. The summed E-state index contributed by atoms with van der Waals surface area (Å²) in [7, 11) is -0.434. The zero-order valence-electron chi connectivity index (χ0n) is 13.4. The number of carbonyl (C=O) groups is 2. The van der Waals surface area contributed by atoms with Crippen molar-refractivity contribution >= 4 is 22.0 Å². The monoisotopic (exact) mass is 342 g/mol. The number of rotatable bonds is 6. The zero-order chi connectivity index (χ0) is 17.6. The number of amides is 3. The molecule has 1 aromatic rings. The summed E-state index contributed by atoms with van der Waals surface area (Å²) in [6.07, 6.45) is 0.170. The molecular formula is C14H22N4O4S. The van der Waals surface area contributed by atoms with E-state index < -0.39 is 16.1 Å². The molecule has 9 heteroatoms. The van der Waals surface area contributed by atoms with Crippen LogP contribution in [0.3, 0.4) is 0 Å². The molecule has 23 heavy (non-hydrogen) atoms. The maximum Gasteiger partial charge on any atom is 0.321 e. The molecule has 4 N–H and O–H groups in total. The van der Waals surface area contributed by atoms with Gasteiger partial charge in [0.05, 0.1) is 4.90 Å². The van der Waals surface area contributed by atoms with Crippen molar-refractivity contribution in [2.75, 3.05) is 20.6 Å². The second-order valence-corrected chi connectivity index (χ2v) is 6.71. The molecule has 0 heterocycles. The van der Waals surface area contributed by atoms with Gasteiger partial charge in [-0.3, -0.25) is 15.0 Å². The normalized spacial score (nSPS) is 12.7. The first kappa shape index (κ1) is 19.1. The van der Waals surface area contributed by atoms with E-state index in [2.05, 4.69) is 10.6 Å². The van der Waals surface area contributed by atoms with Gasteiger partial charge in [-0.25, -0.2) is 18.4 Å². The number of carbonyl (C=O) groups excluding carboxylic acids is 2. The third-order valence-corrected chi connectivity index (χ3v) is 4.45. The average molecular weight is 342 g/mol. The van der Waals surface area contributed by atoms with Gasteiger partial charge in [-0.05, 0) is 31.7 Å². The van der Waals surface area contributed by atoms with Crippen LogP contribution in [0, 0.1) is 0 Å². The Bertz CT molecular complexity index is 658. The maximum atomic E-state index is 11.6. The van der Waals surface area contributed by atoms with Crippen molar-refractivity contribution in [2.45, 2.75) is 24.3 Å². The number of imide groups is 1. The van der Waals surface area contributed by atoms with Crippen molar-refractivity contribution in [1.82, 2.24) is 15.5 Å². The second kappa shape index (κ2) is 8.04. The lowest BCUT2D eigenvalue weighted by atomic mass is 10.1. The highest BCUT2D eigenvalue weighted by molar-refractivity contribution is 7.89. The van der Waals surface area contributed by atoms with E-state index in [1.165, 1.54) is 19.2 Å². The summed E-state index contributed by atoms with van der Waals surface area (Å²) in [5, 5.41) is 9.56. The van der Waals surface area contributed by atoms with Crippen LogP contribution in [0.15, 0.2) is 29.2 Å². The van der Waals surface area contributed by atoms with Gasteiger partial charge in [0, 0.05) is 26.1 Å². The summed E-state index contributed by atoms with van der Waals surface area (Å²) < 4.78 is 22.5. The molecule has 8 nitrogen and oxygen atoms in total. The first-order valence-electron chi connectivity index (χ1n) is 6.99. The van der Waals surface area contributed by atoms with Crippen molar-refractivity contribution in [3.05, 3.63) is 29.8 Å². The van der Waals surface area contributed by atoms with Gasteiger partial charge in [-0.15, -0.1) is 0 Å². The predicted octanol–water partition coefficient (Wildman–Crippen LogP) is 0.173. The Morgan fingerprint density at radius 2 is 1.83 bits per heavy atom. The molecule has 128 valence electrons. The van der Waals surface area contributed by atoms with E-state index in [4.69, 9.17) is 5.14 Å². The minimum absolute atomic E-state index is 0.0302. The van der Waals surface area contributed by atoms with Crippen molar-refractivity contribution in [2.24, 2.45) is 5.14 Å². The van der Waals surface area contributed by atoms with Crippen LogP contribution in [0.25, 0.3) is 0 Å². The Labute approximate surface area is 136 Å². The van der Waals surface area contributed by atoms with E-state index in [0.29, 0.717) is 6.54 Å². The van der Waals surface area contributed by atoms with E-state index in [-0.39, 0.29) is 23.3 Å². The summed E-state index contributed by atoms with van der Waals surface area (Å²) in [5.74, 6) is -0.368. The van der Waals surface area contributed by atoms with Crippen molar-refractivity contribution in [3.8, 4) is 0 Å². The molecule has 0 saturated carbocycles. The number of hydrogen-bond donors (Lipinski definition) is 3. The van der Waals surface area contributed by atoms with Gasteiger partial charge in [0.1, 0.15) is 0 Å². The lowest BCUT2D eigenvalue weighted by Gasteiger charge is -2.24. The Morgan fingerprint density at radius 1 is 1.26 bits per heavy atom. The van der Waals surface area contributed by atoms with Crippen LogP contribution >= 0.6 is 0 Å². The highest BCUT2D eigenvalue weighted by atomic mass is 32.2. The molecule has 0 fully saturated rings. The molecule has 0 saturated heterocycles. The number of nitrogens with two attached hydrogens (primary N) is 1. The molecule has 1 unspecified atom stereocenters. The van der Waals surface area contributed by atoms with Gasteiger partial charge >= 0.3 is 6.03 Å². The average Bonchev–Trinajstić information content (AvgIpc) is 2.51. The number of nitrogens with zero attached hydrogens (tertiary/aromatic N) is 1. The van der Waals surface area contributed by atoms with E-state index in [0.717, 1.165) is 5.56 Å². The fourth-order valence-electron chi connectivity index (χ4n) is 1.91. The molecule has 3 amide bonds. The fourth-order valence-corrected chi connectivity index (χ4v) is 2.43. The minimum Gasteiger partial charge on any atom is -0.341 e. The Morgan fingerprint density at radius 3 is 2.30 bits per heavy atom. The molecule has 0 aliphatic carbocycles. The molecule has 1 atom stereocenters. The lowest BCUT2D eigenvalue weighted by molar-refractivity contribution is -0.120. The van der Waals surface area contributed by atoms with Crippen LogP contribution in [0.5, 0.6) is 0 Å². The van der Waals surface area contributed by atoms with Gasteiger partial charge < -0.3 is 5.32 Å². The van der Waals surface area contributed by atoms with Crippen LogP contribution in [0.4, 0.5) is 4.79 Å². The molecule has 0 spiro atoms. The number of sulfonamides is 1. The first-order valence-corrected chi connectivity index (χ1v) is 8.54. The lowest BCUT2D eigenvalue weighted by Crippen LogP contribution is -2.39. The molecule has 0 bridgehead atoms. The van der Waals surface area contributed by atoms with Crippen molar-refractivity contribution < 1.29 is 18.0 Å². The predicted molar refractivity (Wildman–Crippen MR) is 86.1 cm³/mol. The van der Waals surface area contributed by atoms with Crippen LogP contribution in [0.2, 0.25) is 0 Å². The minimum atomic E-state index is -3.71. The number of primary sulfonamides is 1.